The average molecular weight is 384 g/mol. The molecule has 2 rings (SSSR count). The van der Waals surface area contributed by atoms with E-state index < -0.39 is 5.41 Å². The molecule has 1 aromatic rings. The van der Waals surface area contributed by atoms with Crippen molar-refractivity contribution < 1.29 is 9.53 Å². The molecular weight excluding hydrogens is 364 g/mol. The molecule has 1 amide bonds. The van der Waals surface area contributed by atoms with Gasteiger partial charge in [-0.25, -0.2) is 0 Å². The fraction of sp³-hybridized carbons (Fsp3) is 0.615. The van der Waals surface area contributed by atoms with Gasteiger partial charge in [-0.15, -0.1) is 23.7 Å². The number of ether oxygens (including phenoxy) is 1. The number of thiophene rings is 1. The maximum absolute atomic E-state index is 12.6. The molecule has 0 saturated carbocycles. The van der Waals surface area contributed by atoms with E-state index in [1.807, 2.05) is 19.2 Å². The topological polar surface area (TPSA) is 55.6 Å². The number of hydrogen-bond donors (Lipinski definition) is 1. The first-order chi connectivity index (χ1) is 9.07. The van der Waals surface area contributed by atoms with Gasteiger partial charge in [0.1, 0.15) is 0 Å². The second-order valence-corrected chi connectivity index (χ2v) is 7.51. The molecule has 0 aromatic carbocycles. The molecule has 20 heavy (non-hydrogen) atoms. The minimum atomic E-state index is -0.429. The summed E-state index contributed by atoms with van der Waals surface area (Å²) in [5, 5.41) is 0. The van der Waals surface area contributed by atoms with Gasteiger partial charge in [-0.2, -0.15) is 0 Å². The van der Waals surface area contributed by atoms with E-state index in [-0.39, 0.29) is 18.3 Å². The second kappa shape index (κ2) is 7.75. The molecule has 1 aliphatic heterocycles. The van der Waals surface area contributed by atoms with Crippen molar-refractivity contribution in [1.29, 1.82) is 0 Å². The summed E-state index contributed by atoms with van der Waals surface area (Å²) in [6.45, 7) is 2.29. The summed E-state index contributed by atoms with van der Waals surface area (Å²) in [7, 11) is 1.85. The molecule has 0 spiro atoms. The van der Waals surface area contributed by atoms with Crippen molar-refractivity contribution >= 4 is 45.6 Å². The van der Waals surface area contributed by atoms with Gasteiger partial charge in [0.15, 0.2) is 0 Å². The number of amides is 1. The van der Waals surface area contributed by atoms with Gasteiger partial charge >= 0.3 is 0 Å². The molecule has 0 aliphatic carbocycles. The molecule has 1 fully saturated rings. The number of carbonyl (C=O) groups excluding carboxylic acids is 1. The van der Waals surface area contributed by atoms with Crippen LogP contribution in [0.2, 0.25) is 0 Å². The first-order valence-corrected chi connectivity index (χ1v) is 7.96. The summed E-state index contributed by atoms with van der Waals surface area (Å²) in [5.74, 6) is 0.142. The zero-order valence-corrected chi connectivity index (χ0v) is 14.7. The van der Waals surface area contributed by atoms with Crippen LogP contribution in [0, 0.1) is 5.41 Å². The van der Waals surface area contributed by atoms with E-state index in [2.05, 4.69) is 15.9 Å². The van der Waals surface area contributed by atoms with Crippen LogP contribution in [0.5, 0.6) is 0 Å². The molecular formula is C13H20BrClN2O2S. The Hall–Kier alpha value is -0.140. The molecule has 2 N–H and O–H groups in total. The minimum absolute atomic E-state index is 0. The first-order valence-electron chi connectivity index (χ1n) is 6.35. The van der Waals surface area contributed by atoms with Crippen LogP contribution in [0.25, 0.3) is 0 Å². The summed E-state index contributed by atoms with van der Waals surface area (Å²) in [6, 6.07) is 4.04. The van der Waals surface area contributed by atoms with E-state index in [0.29, 0.717) is 26.3 Å². The van der Waals surface area contributed by atoms with E-state index in [1.165, 1.54) is 4.88 Å². The third kappa shape index (κ3) is 3.95. The van der Waals surface area contributed by atoms with Gasteiger partial charge in [0.05, 0.1) is 15.7 Å². The molecule has 4 nitrogen and oxygen atoms in total. The predicted molar refractivity (Wildman–Crippen MR) is 87.3 cm³/mol. The van der Waals surface area contributed by atoms with Gasteiger partial charge < -0.3 is 15.4 Å². The Morgan fingerprint density at radius 3 is 2.65 bits per heavy atom. The van der Waals surface area contributed by atoms with E-state index in [0.717, 1.165) is 16.6 Å². The molecule has 0 radical (unpaired) electrons. The number of rotatable bonds is 4. The number of halogens is 2. The van der Waals surface area contributed by atoms with Gasteiger partial charge in [0.2, 0.25) is 5.91 Å². The largest absolute Gasteiger partial charge is 0.381 e. The Bertz CT molecular complexity index is 449. The van der Waals surface area contributed by atoms with Crippen LogP contribution in [-0.4, -0.2) is 37.6 Å². The lowest BCUT2D eigenvalue weighted by Crippen LogP contribution is -2.49. The number of nitrogens with two attached hydrogens (primary N) is 1. The van der Waals surface area contributed by atoms with Gasteiger partial charge in [-0.1, -0.05) is 0 Å². The third-order valence-electron chi connectivity index (χ3n) is 3.66. The second-order valence-electron chi connectivity index (χ2n) is 4.96. The molecule has 1 aliphatic rings. The highest BCUT2D eigenvalue weighted by molar-refractivity contribution is 9.11. The summed E-state index contributed by atoms with van der Waals surface area (Å²) in [5.41, 5.74) is 5.44. The molecule has 2 heterocycles. The standard InChI is InChI=1S/C13H19BrN2O2S.ClH/c1-16(8-10-2-3-11(14)19-10)12(17)13(9-15)4-6-18-7-5-13;/h2-3H,4-9,15H2,1H3;1H. The maximum Gasteiger partial charge on any atom is 0.230 e. The van der Waals surface area contributed by atoms with Crippen LogP contribution in [0.4, 0.5) is 0 Å². The molecule has 0 bridgehead atoms. The zero-order chi connectivity index (χ0) is 13.9. The zero-order valence-electron chi connectivity index (χ0n) is 11.4. The van der Waals surface area contributed by atoms with Crippen LogP contribution < -0.4 is 5.73 Å². The lowest BCUT2D eigenvalue weighted by molar-refractivity contribution is -0.146. The average Bonchev–Trinajstić information content (AvgIpc) is 2.84. The van der Waals surface area contributed by atoms with E-state index in [4.69, 9.17) is 10.5 Å². The highest BCUT2D eigenvalue weighted by atomic mass is 79.9. The SMILES string of the molecule is CN(Cc1ccc(Br)s1)C(=O)C1(CN)CCOCC1.Cl. The van der Waals surface area contributed by atoms with Crippen molar-refractivity contribution in [2.45, 2.75) is 19.4 Å². The lowest BCUT2D eigenvalue weighted by Gasteiger charge is -2.37. The number of nitrogens with zero attached hydrogens (tertiary/aromatic N) is 1. The third-order valence-corrected chi connectivity index (χ3v) is 5.27. The van der Waals surface area contributed by atoms with Crippen molar-refractivity contribution in [2.75, 3.05) is 26.8 Å². The number of hydrogen-bond acceptors (Lipinski definition) is 4. The molecule has 1 saturated heterocycles. The Labute approximate surface area is 138 Å². The predicted octanol–water partition coefficient (Wildman–Crippen LogP) is 2.65. The fourth-order valence-corrected chi connectivity index (χ4v) is 3.95. The Balaban J connectivity index is 0.00000200. The quantitative estimate of drug-likeness (QED) is 0.869. The van der Waals surface area contributed by atoms with Crippen LogP contribution in [0.15, 0.2) is 15.9 Å². The number of carbonyl (C=O) groups is 1. The molecule has 1 aromatic heterocycles. The van der Waals surface area contributed by atoms with Crippen molar-refractivity contribution in [2.24, 2.45) is 11.1 Å². The van der Waals surface area contributed by atoms with E-state index in [9.17, 15) is 4.79 Å². The highest BCUT2D eigenvalue weighted by Crippen LogP contribution is 2.32. The van der Waals surface area contributed by atoms with Gasteiger partial charge in [0.25, 0.3) is 0 Å². The first kappa shape index (κ1) is 17.9. The summed E-state index contributed by atoms with van der Waals surface area (Å²) < 4.78 is 6.43. The van der Waals surface area contributed by atoms with Crippen LogP contribution in [0.3, 0.4) is 0 Å². The van der Waals surface area contributed by atoms with Crippen LogP contribution >= 0.6 is 39.7 Å². The highest BCUT2D eigenvalue weighted by Gasteiger charge is 2.40. The monoisotopic (exact) mass is 382 g/mol. The maximum atomic E-state index is 12.6. The lowest BCUT2D eigenvalue weighted by atomic mass is 9.79. The molecule has 7 heteroatoms. The van der Waals surface area contributed by atoms with Gasteiger partial charge in [-0.3, -0.25) is 4.79 Å². The van der Waals surface area contributed by atoms with Crippen molar-refractivity contribution in [3.05, 3.63) is 20.8 Å². The van der Waals surface area contributed by atoms with Gasteiger partial charge in [0, 0.05) is 31.7 Å². The normalized spacial score (nSPS) is 17.4. The molecule has 0 atom stereocenters. The Morgan fingerprint density at radius 2 is 2.15 bits per heavy atom. The molecule has 0 unspecified atom stereocenters. The van der Waals surface area contributed by atoms with Crippen LogP contribution in [0.1, 0.15) is 17.7 Å². The summed E-state index contributed by atoms with van der Waals surface area (Å²) in [4.78, 5) is 15.6. The molecule has 114 valence electrons. The van der Waals surface area contributed by atoms with Crippen LogP contribution in [-0.2, 0) is 16.1 Å². The fourth-order valence-electron chi connectivity index (χ4n) is 2.41. The Kier molecular flexibility index (Phi) is 6.94. The van der Waals surface area contributed by atoms with E-state index >= 15 is 0 Å². The summed E-state index contributed by atoms with van der Waals surface area (Å²) in [6.07, 6.45) is 1.45. The smallest absolute Gasteiger partial charge is 0.230 e. The summed E-state index contributed by atoms with van der Waals surface area (Å²) >= 11 is 5.09. The van der Waals surface area contributed by atoms with Crippen molar-refractivity contribution in [3.63, 3.8) is 0 Å². The minimum Gasteiger partial charge on any atom is -0.381 e. The van der Waals surface area contributed by atoms with E-state index in [1.54, 1.807) is 16.2 Å². The Morgan fingerprint density at radius 1 is 1.50 bits per heavy atom. The van der Waals surface area contributed by atoms with Gasteiger partial charge in [-0.05, 0) is 40.9 Å². The van der Waals surface area contributed by atoms with Crippen molar-refractivity contribution in [1.82, 2.24) is 4.90 Å². The van der Waals surface area contributed by atoms with Crippen molar-refractivity contribution in [3.8, 4) is 0 Å².